The smallest absolute Gasteiger partial charge is 0.306 e. The highest BCUT2D eigenvalue weighted by atomic mass is 31.2. The lowest BCUT2D eigenvalue weighted by molar-refractivity contribution is -0.870. The quantitative estimate of drug-likeness (QED) is 0.0195. The molecule has 0 rings (SSSR count). The Morgan fingerprint density at radius 2 is 0.620 bits per heavy atom. The highest BCUT2D eigenvalue weighted by molar-refractivity contribution is 7.45. The van der Waals surface area contributed by atoms with Crippen LogP contribution in [0.4, 0.5) is 0 Å². The molecule has 0 aromatic carbocycles. The van der Waals surface area contributed by atoms with Gasteiger partial charge in [-0.2, -0.15) is 0 Å². The summed E-state index contributed by atoms with van der Waals surface area (Å²) in [5.74, 6) is -0.822. The van der Waals surface area contributed by atoms with Crippen molar-refractivity contribution in [3.8, 4) is 0 Å². The zero-order valence-corrected chi connectivity index (χ0v) is 61.6. The molecule has 92 heavy (non-hydrogen) atoms. The van der Waals surface area contributed by atoms with Gasteiger partial charge in [-0.15, -0.1) is 0 Å². The first-order chi connectivity index (χ1) is 45.0. The third-order valence-electron chi connectivity index (χ3n) is 16.8. The van der Waals surface area contributed by atoms with Gasteiger partial charge in [0.2, 0.25) is 0 Å². The number of allylic oxidation sites excluding steroid dienone is 18. The molecule has 0 radical (unpaired) electrons. The van der Waals surface area contributed by atoms with Crippen molar-refractivity contribution in [2.75, 3.05) is 47.5 Å². The first-order valence-corrected chi connectivity index (χ1v) is 40.1. The van der Waals surface area contributed by atoms with E-state index in [0.29, 0.717) is 17.4 Å². The second kappa shape index (κ2) is 72.0. The third kappa shape index (κ3) is 75.7. The van der Waals surface area contributed by atoms with E-state index in [1.165, 1.54) is 225 Å². The molecule has 9 nitrogen and oxygen atoms in total. The van der Waals surface area contributed by atoms with E-state index in [2.05, 4.69) is 123 Å². The molecule has 2 unspecified atom stereocenters. The SMILES string of the molecule is CC/C=C\C/C=C\C/C=C\C/C=C\C/C=C\C/C=C\CCCCCCCCCCCCCCCCCCCCCCC(=O)OC(COC(=O)CCCCCCCCCCCCCCCC/C=C\C/C=C\C/C=C\CCCCCCC)COP(=O)([O-])OCC[N+](C)(C)C. The maximum atomic E-state index is 12.9. The molecule has 0 aromatic heterocycles. The monoisotopic (exact) mass is 1300 g/mol. The van der Waals surface area contributed by atoms with Gasteiger partial charge in [-0.25, -0.2) is 0 Å². The van der Waals surface area contributed by atoms with Gasteiger partial charge in [0.05, 0.1) is 27.7 Å². The first kappa shape index (κ1) is 88.7. The van der Waals surface area contributed by atoms with E-state index in [4.69, 9.17) is 18.5 Å². The Balaban J connectivity index is 3.97. The molecule has 532 valence electrons. The zero-order valence-electron chi connectivity index (χ0n) is 60.7. The van der Waals surface area contributed by atoms with Crippen molar-refractivity contribution in [1.82, 2.24) is 0 Å². The molecular formula is C82H146NO8P. The van der Waals surface area contributed by atoms with E-state index < -0.39 is 26.5 Å². The summed E-state index contributed by atoms with van der Waals surface area (Å²) in [6.45, 7) is 4.15. The predicted octanol–water partition coefficient (Wildman–Crippen LogP) is 25.0. The Hall–Kier alpha value is -3.33. The standard InChI is InChI=1S/C82H146NO8P/c1-6-8-10-12-14-16-18-20-22-24-26-28-30-32-34-36-37-38-39-40-41-42-43-44-45-47-49-51-53-55-57-59-61-63-65-67-69-71-73-75-82(85)91-80(79-90-92(86,87)89-77-76-83(3,4)5)78-88-81(84)74-72-70-68-66-64-62-60-58-56-54-52-50-48-46-35-33-31-29-27-25-23-21-19-17-15-13-11-9-7-2/h8,10,14,16,19-22,25-28,31-34,37-38,80H,6-7,9,11-13,15,17-18,23-24,29-30,35-36,39-79H2,1-5H3/b10-8-,16-14-,21-19-,22-20-,27-25-,28-26-,33-31-,34-32-,38-37-. The first-order valence-electron chi connectivity index (χ1n) is 38.6. The summed E-state index contributed by atoms with van der Waals surface area (Å²) in [5.41, 5.74) is 0. The van der Waals surface area contributed by atoms with Gasteiger partial charge in [-0.1, -0.05) is 342 Å². The Labute approximate surface area is 569 Å². The number of hydrogen-bond acceptors (Lipinski definition) is 8. The molecule has 0 aromatic rings. The van der Waals surface area contributed by atoms with Crippen molar-refractivity contribution >= 4 is 19.8 Å². The van der Waals surface area contributed by atoms with Gasteiger partial charge >= 0.3 is 11.9 Å². The summed E-state index contributed by atoms with van der Waals surface area (Å²) in [7, 11) is 1.17. The van der Waals surface area contributed by atoms with E-state index >= 15 is 0 Å². The predicted molar refractivity (Wildman–Crippen MR) is 397 cm³/mol. The summed E-state index contributed by atoms with van der Waals surface area (Å²) in [6.07, 6.45) is 102. The average Bonchev–Trinajstić information content (AvgIpc) is 2.14. The van der Waals surface area contributed by atoms with E-state index in [0.717, 1.165) is 89.9 Å². The summed E-state index contributed by atoms with van der Waals surface area (Å²) in [5, 5.41) is 0. The normalized spacial score (nSPS) is 13.7. The van der Waals surface area contributed by atoms with Crippen LogP contribution in [0.3, 0.4) is 0 Å². The number of quaternary nitrogens is 1. The van der Waals surface area contributed by atoms with Crippen LogP contribution >= 0.6 is 7.82 Å². The number of esters is 2. The number of nitrogens with zero attached hydrogens (tertiary/aromatic N) is 1. The van der Waals surface area contributed by atoms with Crippen LogP contribution in [-0.4, -0.2) is 70.0 Å². The topological polar surface area (TPSA) is 111 Å². The van der Waals surface area contributed by atoms with E-state index in [9.17, 15) is 19.0 Å². The van der Waals surface area contributed by atoms with Crippen LogP contribution in [0.5, 0.6) is 0 Å². The van der Waals surface area contributed by atoms with E-state index in [1.54, 1.807) is 0 Å². The van der Waals surface area contributed by atoms with E-state index in [-0.39, 0.29) is 32.0 Å². The molecule has 0 N–H and O–H groups in total. The highest BCUT2D eigenvalue weighted by Gasteiger charge is 2.22. The van der Waals surface area contributed by atoms with Gasteiger partial charge in [0.15, 0.2) is 6.10 Å². The molecule has 0 heterocycles. The van der Waals surface area contributed by atoms with Crippen LogP contribution in [0, 0.1) is 0 Å². The van der Waals surface area contributed by atoms with Gasteiger partial charge in [0.1, 0.15) is 19.8 Å². The van der Waals surface area contributed by atoms with Crippen LogP contribution in [0.1, 0.15) is 348 Å². The fourth-order valence-corrected chi connectivity index (χ4v) is 11.6. The molecule has 0 saturated carbocycles. The average molecular weight is 1310 g/mol. The third-order valence-corrected chi connectivity index (χ3v) is 17.7. The highest BCUT2D eigenvalue weighted by Crippen LogP contribution is 2.38. The number of rotatable bonds is 71. The number of carbonyl (C=O) groups is 2. The number of ether oxygens (including phenoxy) is 2. The Morgan fingerprint density at radius 3 is 0.924 bits per heavy atom. The van der Waals surface area contributed by atoms with Crippen molar-refractivity contribution in [3.05, 3.63) is 109 Å². The van der Waals surface area contributed by atoms with Crippen molar-refractivity contribution in [3.63, 3.8) is 0 Å². The Bertz CT molecular complexity index is 1920. The lowest BCUT2D eigenvalue weighted by Crippen LogP contribution is -2.37. The summed E-state index contributed by atoms with van der Waals surface area (Å²) < 4.78 is 34.4. The molecule has 0 spiro atoms. The molecule has 10 heteroatoms. The summed E-state index contributed by atoms with van der Waals surface area (Å²) in [4.78, 5) is 38.2. The van der Waals surface area contributed by atoms with Crippen molar-refractivity contribution in [2.24, 2.45) is 0 Å². The molecule has 2 atom stereocenters. The number of carbonyl (C=O) groups excluding carboxylic acids is 2. The number of phosphoric acid groups is 1. The number of phosphoric ester groups is 1. The zero-order chi connectivity index (χ0) is 66.9. The number of unbranched alkanes of at least 4 members (excludes halogenated alkanes) is 39. The minimum Gasteiger partial charge on any atom is -0.756 e. The maximum Gasteiger partial charge on any atom is 0.306 e. The minimum absolute atomic E-state index is 0.0323. The molecule has 0 bridgehead atoms. The van der Waals surface area contributed by atoms with Gasteiger partial charge in [-0.05, 0) is 103 Å². The van der Waals surface area contributed by atoms with Gasteiger partial charge in [0, 0.05) is 12.8 Å². The summed E-state index contributed by atoms with van der Waals surface area (Å²) >= 11 is 0. The lowest BCUT2D eigenvalue weighted by atomic mass is 10.0. The number of likely N-dealkylation sites (N-methyl/N-ethyl adjacent to an activating group) is 1. The van der Waals surface area contributed by atoms with Crippen molar-refractivity contribution < 1.29 is 42.1 Å². The largest absolute Gasteiger partial charge is 0.756 e. The van der Waals surface area contributed by atoms with Crippen LogP contribution in [0.2, 0.25) is 0 Å². The Morgan fingerprint density at radius 1 is 0.348 bits per heavy atom. The van der Waals surface area contributed by atoms with Crippen LogP contribution < -0.4 is 4.89 Å². The van der Waals surface area contributed by atoms with Crippen LogP contribution in [0.25, 0.3) is 0 Å². The fraction of sp³-hybridized carbons (Fsp3) is 0.756. The second-order valence-electron chi connectivity index (χ2n) is 27.0. The van der Waals surface area contributed by atoms with Gasteiger partial charge < -0.3 is 27.9 Å². The lowest BCUT2D eigenvalue weighted by Gasteiger charge is -2.28. The summed E-state index contributed by atoms with van der Waals surface area (Å²) in [6, 6.07) is 0. The Kier molecular flexibility index (Phi) is 69.3. The maximum absolute atomic E-state index is 12.9. The van der Waals surface area contributed by atoms with Gasteiger partial charge in [-0.3, -0.25) is 14.2 Å². The molecule has 0 aliphatic heterocycles. The molecule has 0 fully saturated rings. The van der Waals surface area contributed by atoms with Crippen LogP contribution in [-0.2, 0) is 32.7 Å². The molecule has 0 aliphatic carbocycles. The van der Waals surface area contributed by atoms with Crippen molar-refractivity contribution in [2.45, 2.75) is 354 Å². The molecular weight excluding hydrogens is 1160 g/mol. The molecule has 0 saturated heterocycles. The van der Waals surface area contributed by atoms with Gasteiger partial charge in [0.25, 0.3) is 7.82 Å². The molecule has 0 aliphatic rings. The van der Waals surface area contributed by atoms with Crippen LogP contribution in [0.15, 0.2) is 109 Å². The second-order valence-corrected chi connectivity index (χ2v) is 28.4. The minimum atomic E-state index is -4.65. The molecule has 0 amide bonds. The van der Waals surface area contributed by atoms with Crippen molar-refractivity contribution in [1.29, 1.82) is 0 Å². The van der Waals surface area contributed by atoms with E-state index in [1.807, 2.05) is 21.1 Å². The number of hydrogen-bond donors (Lipinski definition) is 0. The fourth-order valence-electron chi connectivity index (χ4n) is 10.9.